The fourth-order valence-electron chi connectivity index (χ4n) is 4.55. The van der Waals surface area contributed by atoms with Crippen molar-refractivity contribution >= 4 is 28.4 Å². The summed E-state index contributed by atoms with van der Waals surface area (Å²) in [5.74, 6) is 6.67. The van der Waals surface area contributed by atoms with E-state index in [4.69, 9.17) is 8.85 Å². The molecule has 0 unspecified atom stereocenters. The van der Waals surface area contributed by atoms with E-state index < -0.39 is 6.98 Å². The van der Waals surface area contributed by atoms with Gasteiger partial charge >= 0.3 is 0 Å². The number of ether oxygens (including phenoxy) is 1. The molecule has 2 N–H and O–H groups in total. The number of hydrogen-bond acceptors (Lipinski definition) is 8. The van der Waals surface area contributed by atoms with Crippen molar-refractivity contribution in [2.45, 2.75) is 44.9 Å². The van der Waals surface area contributed by atoms with Crippen LogP contribution in [-0.2, 0) is 16.1 Å². The van der Waals surface area contributed by atoms with Crippen molar-refractivity contribution in [3.05, 3.63) is 47.4 Å². The molecule has 3 aromatic rings. The molecule has 0 bridgehead atoms. The van der Waals surface area contributed by atoms with E-state index >= 15 is 0 Å². The molecular formula is C27H31N7O2. The highest BCUT2D eigenvalue weighted by atomic mass is 16.5. The predicted molar refractivity (Wildman–Crippen MR) is 138 cm³/mol. The van der Waals surface area contributed by atoms with Crippen LogP contribution in [0.2, 0.25) is 0 Å². The molecule has 186 valence electrons. The third-order valence-electron chi connectivity index (χ3n) is 7.07. The van der Waals surface area contributed by atoms with Gasteiger partial charge in [0.05, 0.1) is 11.7 Å². The van der Waals surface area contributed by atoms with Gasteiger partial charge in [0.2, 0.25) is 5.91 Å². The molecule has 2 saturated carbocycles. The van der Waals surface area contributed by atoms with Crippen LogP contribution in [0, 0.1) is 23.7 Å². The summed E-state index contributed by atoms with van der Waals surface area (Å²) < 4.78 is 28.2. The number of aromatic nitrogens is 4. The number of fused-ring (bicyclic) bond motifs is 1. The Kier molecular flexibility index (Phi) is 5.81. The highest BCUT2D eigenvalue weighted by Crippen LogP contribution is 2.38. The van der Waals surface area contributed by atoms with E-state index in [2.05, 4.69) is 54.6 Å². The van der Waals surface area contributed by atoms with Crippen molar-refractivity contribution in [1.82, 2.24) is 25.1 Å². The number of pyridine rings is 2. The Balaban J connectivity index is 1.38. The topological polar surface area (TPSA) is 105 Å². The van der Waals surface area contributed by atoms with E-state index in [1.165, 1.54) is 6.20 Å². The lowest BCUT2D eigenvalue weighted by Crippen LogP contribution is -2.49. The molecule has 9 nitrogen and oxygen atoms in total. The fraction of sp³-hybridized carbons (Fsp3) is 0.444. The third kappa shape index (κ3) is 5.01. The SMILES string of the molecule is [2H]C([2H])([2H])Nc1ncc(C#Cc2ccc(CN(C)[C@@H]3CC[C@H]3OC)cn2)c2cc(NC(=O)[C@H]3C[C@H]3C)nnc12. The number of methoxy groups -OCH3 is 1. The monoisotopic (exact) mass is 488 g/mol. The van der Waals surface area contributed by atoms with E-state index in [1.807, 2.05) is 25.3 Å². The summed E-state index contributed by atoms with van der Waals surface area (Å²) in [6.07, 6.45) is 6.65. The molecule has 2 fully saturated rings. The maximum absolute atomic E-state index is 12.4. The lowest BCUT2D eigenvalue weighted by molar-refractivity contribution is -0.117. The highest BCUT2D eigenvalue weighted by molar-refractivity contribution is 5.97. The summed E-state index contributed by atoms with van der Waals surface area (Å²) in [6, 6.07) is 5.94. The molecule has 3 heterocycles. The number of carbonyl (C=O) groups excluding carboxylic acids is 1. The number of anilines is 2. The van der Waals surface area contributed by atoms with E-state index in [1.54, 1.807) is 13.2 Å². The standard InChI is InChI=1S/C27H31N7O2/c1-16-11-20(16)27(35)31-24-12-21-18(14-30-26(28-2)25(21)33-32-24)6-8-19-7-5-17(13-29-19)15-34(3)22-9-10-23(22)36-4/h5,7,12-14,16,20,22-23H,9-11,15H2,1-4H3,(H,28,30)(H,31,32,35)/t16-,20+,22-,23-/m1/s1/i2D3. The summed E-state index contributed by atoms with van der Waals surface area (Å²) in [5.41, 5.74) is 2.41. The van der Waals surface area contributed by atoms with Gasteiger partial charge in [-0.05, 0) is 55.8 Å². The Morgan fingerprint density at radius 1 is 1.25 bits per heavy atom. The Morgan fingerprint density at radius 2 is 2.11 bits per heavy atom. The number of nitrogens with one attached hydrogen (secondary N) is 2. The normalized spacial score (nSPS) is 24.1. The quantitative estimate of drug-likeness (QED) is 0.489. The molecule has 2 aliphatic rings. The Bertz CT molecular complexity index is 1430. The molecule has 36 heavy (non-hydrogen) atoms. The van der Waals surface area contributed by atoms with Crippen molar-refractivity contribution in [1.29, 1.82) is 0 Å². The van der Waals surface area contributed by atoms with Gasteiger partial charge in [-0.2, -0.15) is 0 Å². The van der Waals surface area contributed by atoms with Gasteiger partial charge in [-0.15, -0.1) is 10.2 Å². The molecule has 5 rings (SSSR count). The minimum absolute atomic E-state index is 0.0315. The number of hydrogen-bond donors (Lipinski definition) is 2. The zero-order valence-corrected chi connectivity index (χ0v) is 20.6. The van der Waals surface area contributed by atoms with Crippen LogP contribution in [0.15, 0.2) is 30.6 Å². The molecule has 1 amide bonds. The van der Waals surface area contributed by atoms with Crippen LogP contribution < -0.4 is 10.6 Å². The number of carbonyl (C=O) groups is 1. The molecule has 0 aromatic carbocycles. The van der Waals surface area contributed by atoms with E-state index in [0.717, 1.165) is 31.4 Å². The van der Waals surface area contributed by atoms with Gasteiger partial charge in [-0.25, -0.2) is 9.97 Å². The van der Waals surface area contributed by atoms with Gasteiger partial charge in [0, 0.05) is 54.5 Å². The van der Waals surface area contributed by atoms with Crippen LogP contribution in [0.5, 0.6) is 0 Å². The first-order valence-corrected chi connectivity index (χ1v) is 12.1. The van der Waals surface area contributed by atoms with Crippen molar-refractivity contribution < 1.29 is 13.6 Å². The van der Waals surface area contributed by atoms with Crippen LogP contribution in [0.25, 0.3) is 10.9 Å². The minimum Gasteiger partial charge on any atom is -0.380 e. The average Bonchev–Trinajstić information content (AvgIpc) is 3.60. The fourth-order valence-corrected chi connectivity index (χ4v) is 4.55. The summed E-state index contributed by atoms with van der Waals surface area (Å²) >= 11 is 0. The van der Waals surface area contributed by atoms with Gasteiger partial charge < -0.3 is 15.4 Å². The summed E-state index contributed by atoms with van der Waals surface area (Å²) in [4.78, 5) is 23.5. The Hall–Kier alpha value is -3.61. The highest BCUT2D eigenvalue weighted by Gasteiger charge is 2.39. The molecule has 0 radical (unpaired) electrons. The lowest BCUT2D eigenvalue weighted by Gasteiger charge is -2.41. The third-order valence-corrected chi connectivity index (χ3v) is 7.07. The van der Waals surface area contributed by atoms with Crippen LogP contribution in [0.3, 0.4) is 0 Å². The van der Waals surface area contributed by atoms with Crippen molar-refractivity contribution in [3.8, 4) is 11.8 Å². The first kappa shape index (κ1) is 20.6. The zero-order chi connectivity index (χ0) is 27.7. The van der Waals surface area contributed by atoms with Gasteiger partial charge in [-0.3, -0.25) is 9.69 Å². The first-order valence-electron chi connectivity index (χ1n) is 13.6. The molecule has 0 spiro atoms. The van der Waals surface area contributed by atoms with Gasteiger partial charge in [0.25, 0.3) is 0 Å². The predicted octanol–water partition coefficient (Wildman–Crippen LogP) is 3.07. The molecule has 0 aliphatic heterocycles. The van der Waals surface area contributed by atoms with Gasteiger partial charge in [0.15, 0.2) is 11.6 Å². The number of amides is 1. The van der Waals surface area contributed by atoms with Crippen molar-refractivity contribution in [2.24, 2.45) is 11.8 Å². The van der Waals surface area contributed by atoms with Crippen LogP contribution in [0.4, 0.5) is 11.6 Å². The second kappa shape index (κ2) is 10.2. The van der Waals surface area contributed by atoms with Gasteiger partial charge in [0.1, 0.15) is 11.2 Å². The maximum atomic E-state index is 12.4. The summed E-state index contributed by atoms with van der Waals surface area (Å²) in [7, 11) is 3.85. The molecular weight excluding hydrogens is 454 g/mol. The molecule has 9 heteroatoms. The maximum Gasteiger partial charge on any atom is 0.228 e. The number of nitrogens with zero attached hydrogens (tertiary/aromatic N) is 5. The number of rotatable bonds is 7. The van der Waals surface area contributed by atoms with E-state index in [0.29, 0.717) is 28.6 Å². The van der Waals surface area contributed by atoms with Crippen molar-refractivity contribution in [3.63, 3.8) is 0 Å². The molecule has 2 aliphatic carbocycles. The van der Waals surface area contributed by atoms with E-state index in [9.17, 15) is 4.79 Å². The molecule has 3 aromatic heterocycles. The van der Waals surface area contributed by atoms with Gasteiger partial charge in [-0.1, -0.05) is 18.9 Å². The van der Waals surface area contributed by atoms with Crippen LogP contribution in [0.1, 0.15) is 47.1 Å². The summed E-state index contributed by atoms with van der Waals surface area (Å²) in [6.45, 7) is 0.323. The average molecular weight is 489 g/mol. The van der Waals surface area contributed by atoms with Crippen LogP contribution >= 0.6 is 0 Å². The minimum atomic E-state index is -2.47. The van der Waals surface area contributed by atoms with E-state index in [-0.39, 0.29) is 35.1 Å². The Labute approximate surface area is 215 Å². The van der Waals surface area contributed by atoms with Crippen molar-refractivity contribution in [2.75, 3.05) is 31.8 Å². The second-order valence-corrected chi connectivity index (χ2v) is 9.58. The smallest absolute Gasteiger partial charge is 0.228 e. The Morgan fingerprint density at radius 3 is 2.78 bits per heavy atom. The summed E-state index contributed by atoms with van der Waals surface area (Å²) in [5, 5.41) is 14.0. The molecule has 4 atom stereocenters. The lowest BCUT2D eigenvalue weighted by atomic mass is 9.87. The largest absolute Gasteiger partial charge is 0.380 e. The zero-order valence-electron chi connectivity index (χ0n) is 23.6. The van der Waals surface area contributed by atoms with Crippen LogP contribution in [-0.4, -0.2) is 64.3 Å². The number of likely N-dealkylation sites (N-methyl/N-ethyl adjacent to an activating group) is 1. The first-order chi connectivity index (χ1) is 18.6. The molecule has 0 saturated heterocycles. The second-order valence-electron chi connectivity index (χ2n) is 9.58.